The van der Waals surface area contributed by atoms with E-state index in [1.54, 1.807) is 6.07 Å². The van der Waals surface area contributed by atoms with E-state index in [4.69, 9.17) is 21.4 Å². The maximum atomic E-state index is 13.2. The van der Waals surface area contributed by atoms with Gasteiger partial charge in [0.25, 0.3) is 5.91 Å². The van der Waals surface area contributed by atoms with Crippen LogP contribution in [-0.2, 0) is 17.4 Å². The lowest BCUT2D eigenvalue weighted by Crippen LogP contribution is -2.49. The summed E-state index contributed by atoms with van der Waals surface area (Å²) in [4.78, 5) is 20.8. The van der Waals surface area contributed by atoms with Crippen LogP contribution in [0.5, 0.6) is 5.75 Å². The molecule has 2 heterocycles. The molecule has 2 fully saturated rings. The minimum absolute atomic E-state index is 0.159. The van der Waals surface area contributed by atoms with Crippen molar-refractivity contribution in [3.63, 3.8) is 0 Å². The molecule has 2 aliphatic heterocycles. The number of allylic oxidation sites excluding steroid dienone is 1. The minimum Gasteiger partial charge on any atom is -0.491 e. The predicted molar refractivity (Wildman–Crippen MR) is 204 cm³/mol. The van der Waals surface area contributed by atoms with Crippen molar-refractivity contribution in [1.29, 1.82) is 0 Å². The second kappa shape index (κ2) is 19.3. The Morgan fingerprint density at radius 1 is 1.10 bits per heavy atom. The van der Waals surface area contributed by atoms with Gasteiger partial charge in [-0.05, 0) is 106 Å². The Bertz CT molecular complexity index is 1410. The van der Waals surface area contributed by atoms with Crippen LogP contribution in [0.1, 0.15) is 80.8 Å². The van der Waals surface area contributed by atoms with Gasteiger partial charge in [0.15, 0.2) is 0 Å². The zero-order valence-electron chi connectivity index (χ0n) is 30.5. The molecule has 2 aromatic carbocycles. The number of carbonyl (C=O) groups is 1. The Labute approximate surface area is 302 Å². The van der Waals surface area contributed by atoms with Gasteiger partial charge in [0.1, 0.15) is 16.7 Å². The van der Waals surface area contributed by atoms with Crippen molar-refractivity contribution >= 4 is 34.2 Å². The van der Waals surface area contributed by atoms with Gasteiger partial charge in [-0.25, -0.2) is 4.21 Å². The molecule has 2 N–H and O–H groups in total. The Kier molecular flexibility index (Phi) is 15.5. The van der Waals surface area contributed by atoms with Crippen molar-refractivity contribution in [2.24, 2.45) is 17.8 Å². The molecule has 1 saturated heterocycles. The van der Waals surface area contributed by atoms with Gasteiger partial charge in [-0.3, -0.25) is 9.52 Å². The Balaban J connectivity index is 0.00000265. The van der Waals surface area contributed by atoms with Crippen LogP contribution >= 0.6 is 11.6 Å². The number of aliphatic hydroxyl groups is 1. The molecule has 1 amide bonds. The molecule has 0 aromatic heterocycles. The number of ether oxygens (including phenoxy) is 1. The van der Waals surface area contributed by atoms with E-state index in [0.29, 0.717) is 29.9 Å². The molecule has 0 spiro atoms. The lowest BCUT2D eigenvalue weighted by molar-refractivity contribution is 0.0804. The maximum absolute atomic E-state index is 13.2. The van der Waals surface area contributed by atoms with Crippen LogP contribution in [-0.4, -0.2) is 96.9 Å². The smallest absolute Gasteiger partial charge is 0.263 e. The standard InChI is InChI=1S/C38H55ClN4O3S.CH4O/c1-6-8-10-30(23-42-19-17-41(5)18-20-42)35-14-11-31(35)24-43-25-32(34-15-13-33(39)21-28(34)9-7-2)26-46-37-16-12-29(22-36(37)43)38(44)40-47(45)27(3)4;1-2/h8,10,12-13,15-16,21-22,27,30-32,35H,6-7,9,11,14,17-20,23-26H2,1-5H3,(H,40,44);2H,1H3/b10-8+;. The van der Waals surface area contributed by atoms with Crippen molar-refractivity contribution in [2.75, 3.05) is 71.5 Å². The quantitative estimate of drug-likeness (QED) is 0.228. The molecular formula is C39H59ClN4O4S. The van der Waals surface area contributed by atoms with Gasteiger partial charge in [0, 0.05) is 74.7 Å². The summed E-state index contributed by atoms with van der Waals surface area (Å²) in [7, 11) is 1.78. The van der Waals surface area contributed by atoms with Gasteiger partial charge in [0.2, 0.25) is 0 Å². The van der Waals surface area contributed by atoms with Gasteiger partial charge in [0.05, 0.1) is 12.3 Å². The molecule has 49 heavy (non-hydrogen) atoms. The fraction of sp³-hybridized carbons (Fsp3) is 0.615. The van der Waals surface area contributed by atoms with E-state index in [1.165, 1.54) is 24.0 Å². The summed E-state index contributed by atoms with van der Waals surface area (Å²) in [6.07, 6.45) is 10.4. The first-order valence-electron chi connectivity index (χ1n) is 18.2. The second-order valence-corrected chi connectivity index (χ2v) is 16.2. The van der Waals surface area contributed by atoms with Gasteiger partial charge in [-0.1, -0.05) is 50.1 Å². The molecular weight excluding hydrogens is 656 g/mol. The van der Waals surface area contributed by atoms with E-state index in [2.05, 4.69) is 64.6 Å². The molecule has 5 atom stereocenters. The highest BCUT2D eigenvalue weighted by Crippen LogP contribution is 2.44. The lowest BCUT2D eigenvalue weighted by Gasteiger charge is -2.46. The summed E-state index contributed by atoms with van der Waals surface area (Å²) in [5.74, 6) is 2.34. The summed E-state index contributed by atoms with van der Waals surface area (Å²) >= 11 is 6.47. The summed E-state index contributed by atoms with van der Waals surface area (Å²) < 4.78 is 21.7. The SMILES string of the molecule is CC/C=C/C(CN1CCN(C)CC1)C1CCC1CN1CC(c2ccc(Cl)cc2CCC)COc2ccc(C(=O)NS(=O)C(C)C)cc21.CO. The number of nitrogens with zero attached hydrogens (tertiary/aromatic N) is 3. The molecule has 272 valence electrons. The van der Waals surface area contributed by atoms with Crippen LogP contribution in [0.4, 0.5) is 5.69 Å². The van der Waals surface area contributed by atoms with Crippen molar-refractivity contribution in [2.45, 2.75) is 71.0 Å². The number of fused-ring (bicyclic) bond motifs is 1. The maximum Gasteiger partial charge on any atom is 0.263 e. The highest BCUT2D eigenvalue weighted by molar-refractivity contribution is 7.84. The zero-order chi connectivity index (χ0) is 35.5. The normalized spacial score (nSPS) is 22.7. The number of piperazine rings is 1. The number of halogens is 1. The van der Waals surface area contributed by atoms with Crippen LogP contribution in [0.25, 0.3) is 0 Å². The van der Waals surface area contributed by atoms with Gasteiger partial charge >= 0.3 is 0 Å². The zero-order valence-corrected chi connectivity index (χ0v) is 32.1. The number of benzene rings is 2. The Morgan fingerprint density at radius 3 is 2.51 bits per heavy atom. The number of nitrogens with one attached hydrogen (secondary N) is 1. The fourth-order valence-corrected chi connectivity index (χ4v) is 8.10. The van der Waals surface area contributed by atoms with Gasteiger partial charge < -0.3 is 24.5 Å². The highest BCUT2D eigenvalue weighted by atomic mass is 35.5. The van der Waals surface area contributed by atoms with Crippen molar-refractivity contribution in [3.8, 4) is 5.75 Å². The highest BCUT2D eigenvalue weighted by Gasteiger charge is 2.39. The molecule has 5 unspecified atom stereocenters. The average Bonchev–Trinajstić information content (AvgIpc) is 3.26. The van der Waals surface area contributed by atoms with E-state index in [0.717, 1.165) is 88.6 Å². The number of anilines is 1. The van der Waals surface area contributed by atoms with Crippen LogP contribution < -0.4 is 14.4 Å². The number of aryl methyl sites for hydroxylation is 1. The van der Waals surface area contributed by atoms with Crippen LogP contribution in [0.3, 0.4) is 0 Å². The van der Waals surface area contributed by atoms with E-state index in [9.17, 15) is 9.00 Å². The number of hydrogen-bond acceptors (Lipinski definition) is 7. The van der Waals surface area contributed by atoms with Gasteiger partial charge in [-0.15, -0.1) is 0 Å². The summed E-state index contributed by atoms with van der Waals surface area (Å²) in [6.45, 7) is 16.0. The second-order valence-electron chi connectivity index (χ2n) is 14.1. The molecule has 0 bridgehead atoms. The first kappa shape index (κ1) is 39.4. The van der Waals surface area contributed by atoms with Crippen molar-refractivity contribution in [3.05, 3.63) is 70.3 Å². The van der Waals surface area contributed by atoms with Crippen molar-refractivity contribution in [1.82, 2.24) is 14.5 Å². The molecule has 1 aliphatic carbocycles. The third-order valence-corrected chi connectivity index (χ3v) is 11.8. The van der Waals surface area contributed by atoms with E-state index in [1.807, 2.05) is 32.0 Å². The molecule has 0 radical (unpaired) electrons. The predicted octanol–water partition coefficient (Wildman–Crippen LogP) is 6.54. The number of hydrogen-bond donors (Lipinski definition) is 2. The average molecular weight is 715 g/mol. The lowest BCUT2D eigenvalue weighted by atomic mass is 9.66. The Hall–Kier alpha value is -2.43. The largest absolute Gasteiger partial charge is 0.491 e. The summed E-state index contributed by atoms with van der Waals surface area (Å²) in [6, 6.07) is 12.0. The molecule has 8 nitrogen and oxygen atoms in total. The Morgan fingerprint density at radius 2 is 1.86 bits per heavy atom. The number of likely N-dealkylation sites (N-methyl/N-ethyl adjacent to an activating group) is 1. The van der Waals surface area contributed by atoms with Gasteiger partial charge in [-0.2, -0.15) is 0 Å². The summed E-state index contributed by atoms with van der Waals surface area (Å²) in [5.41, 5.74) is 4.04. The van der Waals surface area contributed by atoms with Crippen LogP contribution in [0, 0.1) is 17.8 Å². The van der Waals surface area contributed by atoms with E-state index < -0.39 is 11.0 Å². The monoisotopic (exact) mass is 714 g/mol. The fourth-order valence-electron chi connectivity index (χ4n) is 7.37. The van der Waals surface area contributed by atoms with Crippen LogP contribution in [0.2, 0.25) is 5.02 Å². The minimum atomic E-state index is -1.44. The molecule has 1 saturated carbocycles. The third-order valence-electron chi connectivity index (χ3n) is 10.3. The van der Waals surface area contributed by atoms with Crippen molar-refractivity contribution < 1.29 is 18.8 Å². The summed E-state index contributed by atoms with van der Waals surface area (Å²) in [5, 5.41) is 7.61. The third kappa shape index (κ3) is 10.5. The molecule has 3 aliphatic rings. The number of aliphatic hydroxyl groups excluding tert-OH is 1. The molecule has 5 rings (SSSR count). The first-order valence-corrected chi connectivity index (χ1v) is 19.8. The van der Waals surface area contributed by atoms with E-state index >= 15 is 0 Å². The first-order chi connectivity index (χ1) is 23.7. The molecule has 10 heteroatoms. The number of amides is 1. The molecule has 2 aromatic rings. The van der Waals surface area contributed by atoms with Crippen LogP contribution in [0.15, 0.2) is 48.6 Å². The topological polar surface area (TPSA) is 85.4 Å². The number of carbonyl (C=O) groups excluding carboxylic acids is 1. The number of rotatable bonds is 13. The van der Waals surface area contributed by atoms with E-state index in [-0.39, 0.29) is 17.1 Å².